The summed E-state index contributed by atoms with van der Waals surface area (Å²) in [5.74, 6) is 1.27. The van der Waals surface area contributed by atoms with E-state index in [9.17, 15) is 13.0 Å². The van der Waals surface area contributed by atoms with E-state index in [1.807, 2.05) is 26.4 Å². The molecule has 1 rings (SSSR count). The van der Waals surface area contributed by atoms with Gasteiger partial charge in [-0.05, 0) is 6.42 Å². The quantitative estimate of drug-likeness (QED) is 0.356. The molecule has 0 aromatic carbocycles. The highest BCUT2D eigenvalue weighted by Crippen LogP contribution is 1.99. The maximum absolute atomic E-state index is 9.89. The highest BCUT2D eigenvalue weighted by molar-refractivity contribution is 7.80. The van der Waals surface area contributed by atoms with Crippen LogP contribution in [0.4, 0.5) is 0 Å². The standard InChI is InChI=1S/C6H10N2.C6H14O4S/c1-3-6-7-4-5-8(6)2;1-2-3-4-5-6-10-11(7,8)9/h4-5H,3H2,1-2H3;2-6H2,1H3,(H,7,8,9). The number of hydrogen-bond donors (Lipinski definition) is 1. The van der Waals surface area contributed by atoms with Gasteiger partial charge in [0.15, 0.2) is 0 Å². The molecule has 1 heterocycles. The normalized spacial score (nSPS) is 10.9. The molecular weight excluding hydrogens is 268 g/mol. The van der Waals surface area contributed by atoms with Crippen molar-refractivity contribution in [2.75, 3.05) is 6.61 Å². The second-order valence-electron chi connectivity index (χ2n) is 4.16. The van der Waals surface area contributed by atoms with E-state index in [1.54, 1.807) is 0 Å². The molecule has 0 bridgehead atoms. The molecule has 0 saturated heterocycles. The van der Waals surface area contributed by atoms with Gasteiger partial charge in [0.05, 0.1) is 13.7 Å². The van der Waals surface area contributed by atoms with Crippen LogP contribution < -0.4 is 4.57 Å². The predicted octanol–water partition coefficient (Wildman–Crippen LogP) is 1.45. The van der Waals surface area contributed by atoms with Gasteiger partial charge in [-0.3, -0.25) is 4.18 Å². The smallest absolute Gasteiger partial charge is 0.253 e. The number of rotatable bonds is 7. The van der Waals surface area contributed by atoms with Gasteiger partial charge in [0.25, 0.3) is 5.82 Å². The molecule has 0 spiro atoms. The Hall–Kier alpha value is -0.920. The molecule has 1 N–H and O–H groups in total. The molecule has 6 nitrogen and oxygen atoms in total. The first-order valence-corrected chi connectivity index (χ1v) is 7.86. The second kappa shape index (κ2) is 9.94. The first-order chi connectivity index (χ1) is 8.90. The van der Waals surface area contributed by atoms with Crippen molar-refractivity contribution < 1.29 is 21.7 Å². The highest BCUT2D eigenvalue weighted by atomic mass is 32.3. The monoisotopic (exact) mass is 292 g/mol. The van der Waals surface area contributed by atoms with Gasteiger partial charge >= 0.3 is 0 Å². The van der Waals surface area contributed by atoms with Crippen LogP contribution in [0, 0.1) is 0 Å². The van der Waals surface area contributed by atoms with Crippen molar-refractivity contribution in [1.29, 1.82) is 0 Å². The summed E-state index contributed by atoms with van der Waals surface area (Å²) in [4.78, 5) is 3.12. The van der Waals surface area contributed by atoms with E-state index >= 15 is 0 Å². The molecule has 0 aliphatic rings. The summed E-state index contributed by atoms with van der Waals surface area (Å²) in [5.41, 5.74) is 0. The molecule has 19 heavy (non-hydrogen) atoms. The van der Waals surface area contributed by atoms with E-state index < -0.39 is 10.4 Å². The Morgan fingerprint density at radius 2 is 2.00 bits per heavy atom. The molecule has 1 aromatic rings. The van der Waals surface area contributed by atoms with Crippen LogP contribution in [0.3, 0.4) is 0 Å². The summed E-state index contributed by atoms with van der Waals surface area (Å²) in [7, 11) is -2.42. The minimum atomic E-state index is -4.46. The van der Waals surface area contributed by atoms with Crippen molar-refractivity contribution in [2.45, 2.75) is 46.0 Å². The van der Waals surface area contributed by atoms with Crippen LogP contribution in [0.25, 0.3) is 0 Å². The topological polar surface area (TPSA) is 86.1 Å². The lowest BCUT2D eigenvalue weighted by Gasteiger charge is -2.06. The minimum Gasteiger partial charge on any atom is -0.726 e. The number of aryl methyl sites for hydroxylation is 2. The van der Waals surface area contributed by atoms with Crippen LogP contribution in [0.2, 0.25) is 0 Å². The predicted molar refractivity (Wildman–Crippen MR) is 71.1 cm³/mol. The second-order valence-corrected chi connectivity index (χ2v) is 5.21. The molecule has 7 heteroatoms. The van der Waals surface area contributed by atoms with Gasteiger partial charge in [0.1, 0.15) is 12.4 Å². The van der Waals surface area contributed by atoms with E-state index in [0.717, 1.165) is 25.7 Å². The zero-order valence-electron chi connectivity index (χ0n) is 11.9. The maximum Gasteiger partial charge on any atom is 0.253 e. The van der Waals surface area contributed by atoms with Gasteiger partial charge < -0.3 is 4.55 Å². The molecule has 0 fully saturated rings. The van der Waals surface area contributed by atoms with Crippen molar-refractivity contribution in [3.05, 3.63) is 18.2 Å². The summed E-state index contributed by atoms with van der Waals surface area (Å²) in [5, 5.41) is 0. The summed E-state index contributed by atoms with van der Waals surface area (Å²) in [6.45, 7) is 4.20. The van der Waals surface area contributed by atoms with Crippen LogP contribution in [-0.2, 0) is 28.1 Å². The van der Waals surface area contributed by atoms with Crippen LogP contribution in [0.1, 0.15) is 45.4 Å². The van der Waals surface area contributed by atoms with Crippen molar-refractivity contribution in [3.63, 3.8) is 0 Å². The average molecular weight is 292 g/mol. The summed E-state index contributed by atoms with van der Waals surface area (Å²) >= 11 is 0. The van der Waals surface area contributed by atoms with Gasteiger partial charge in [0.2, 0.25) is 10.4 Å². The number of aromatic amines is 1. The molecule has 0 aliphatic heterocycles. The Kier molecular flexibility index (Phi) is 9.46. The van der Waals surface area contributed by atoms with E-state index in [2.05, 4.69) is 20.7 Å². The van der Waals surface area contributed by atoms with Crippen molar-refractivity contribution >= 4 is 10.4 Å². The third kappa shape index (κ3) is 10.7. The van der Waals surface area contributed by atoms with Gasteiger partial charge in [-0.1, -0.05) is 33.1 Å². The molecule has 0 amide bonds. The first-order valence-electron chi connectivity index (χ1n) is 6.52. The lowest BCUT2D eigenvalue weighted by Crippen LogP contribution is -2.29. The van der Waals surface area contributed by atoms with Gasteiger partial charge in [-0.15, -0.1) is 0 Å². The van der Waals surface area contributed by atoms with Crippen LogP contribution in [0.5, 0.6) is 0 Å². The Labute approximate surface area is 115 Å². The van der Waals surface area contributed by atoms with E-state index in [0.29, 0.717) is 6.42 Å². The van der Waals surface area contributed by atoms with E-state index in [1.165, 1.54) is 5.82 Å². The van der Waals surface area contributed by atoms with Crippen molar-refractivity contribution in [1.82, 2.24) is 4.98 Å². The number of nitrogens with zero attached hydrogens (tertiary/aromatic N) is 1. The van der Waals surface area contributed by atoms with Gasteiger partial charge in [-0.25, -0.2) is 18.0 Å². The van der Waals surface area contributed by atoms with Crippen molar-refractivity contribution in [3.8, 4) is 0 Å². The molecule has 0 atom stereocenters. The molecular formula is C12H24N2O4S. The lowest BCUT2D eigenvalue weighted by atomic mass is 10.2. The highest BCUT2D eigenvalue weighted by Gasteiger charge is 1.99. The molecule has 0 aliphatic carbocycles. The molecule has 0 radical (unpaired) electrons. The molecule has 0 saturated carbocycles. The largest absolute Gasteiger partial charge is 0.726 e. The summed E-state index contributed by atoms with van der Waals surface area (Å²) in [6, 6.07) is 0. The fraction of sp³-hybridized carbons (Fsp3) is 0.750. The van der Waals surface area contributed by atoms with Crippen molar-refractivity contribution in [2.24, 2.45) is 7.05 Å². The summed E-state index contributed by atoms with van der Waals surface area (Å²) < 4.78 is 35.7. The number of aromatic nitrogens is 2. The molecule has 112 valence electrons. The fourth-order valence-electron chi connectivity index (χ4n) is 1.48. The third-order valence-corrected chi connectivity index (χ3v) is 2.99. The average Bonchev–Trinajstić information content (AvgIpc) is 2.74. The van der Waals surface area contributed by atoms with E-state index in [-0.39, 0.29) is 6.61 Å². The van der Waals surface area contributed by atoms with Crippen LogP contribution in [0.15, 0.2) is 12.4 Å². The SMILES string of the molecule is CCCCCCOS(=O)(=O)[O-].CCc1[nH]cc[n+]1C. The number of unbranched alkanes of at least 4 members (excludes halogenated alkanes) is 3. The number of imidazole rings is 1. The molecule has 1 aromatic heterocycles. The summed E-state index contributed by atoms with van der Waals surface area (Å²) in [6.07, 6.45) is 8.69. The fourth-order valence-corrected chi connectivity index (χ4v) is 1.80. The Morgan fingerprint density at radius 3 is 2.37 bits per heavy atom. The number of hydrogen-bond acceptors (Lipinski definition) is 4. The Bertz CT molecular complexity index is 429. The Morgan fingerprint density at radius 1 is 1.32 bits per heavy atom. The van der Waals surface area contributed by atoms with Gasteiger partial charge in [0, 0.05) is 6.42 Å². The maximum atomic E-state index is 9.89. The van der Waals surface area contributed by atoms with E-state index in [4.69, 9.17) is 0 Å². The minimum absolute atomic E-state index is 0.0197. The first kappa shape index (κ1) is 18.1. The zero-order chi connectivity index (χ0) is 14.7. The lowest BCUT2D eigenvalue weighted by molar-refractivity contribution is -0.677. The van der Waals surface area contributed by atoms with Gasteiger partial charge in [-0.2, -0.15) is 0 Å². The zero-order valence-corrected chi connectivity index (χ0v) is 12.7. The Balaban J connectivity index is 0.000000356. The van der Waals surface area contributed by atoms with Crippen LogP contribution >= 0.6 is 0 Å². The number of nitrogens with one attached hydrogen (secondary N) is 1. The molecule has 0 unspecified atom stereocenters. The third-order valence-electron chi connectivity index (χ3n) is 2.53. The number of H-pyrrole nitrogens is 1. The van der Waals surface area contributed by atoms with Crippen LogP contribution in [-0.4, -0.2) is 24.6 Å².